The molecule has 0 spiro atoms. The molecule has 0 aliphatic carbocycles. The summed E-state index contributed by atoms with van der Waals surface area (Å²) in [6.45, 7) is 16.1. The van der Waals surface area contributed by atoms with Crippen molar-refractivity contribution in [1.29, 1.82) is 0 Å². The average molecular weight is 235 g/mol. The van der Waals surface area contributed by atoms with Gasteiger partial charge >= 0.3 is 0 Å². The molecule has 0 radical (unpaired) electrons. The van der Waals surface area contributed by atoms with Gasteiger partial charge < -0.3 is 0 Å². The number of hydrogen-bond acceptors (Lipinski definition) is 2. The maximum absolute atomic E-state index is 4.30. The van der Waals surface area contributed by atoms with Crippen LogP contribution in [0.15, 0.2) is 22.8 Å². The Bertz CT molecular complexity index is 373. The van der Waals surface area contributed by atoms with Crippen LogP contribution in [0.3, 0.4) is 0 Å². The average Bonchev–Trinajstić information content (AvgIpc) is 2.81. The molecular formula is C14H25N3. The summed E-state index contributed by atoms with van der Waals surface area (Å²) in [7, 11) is 0. The van der Waals surface area contributed by atoms with Crippen molar-refractivity contribution in [2.75, 3.05) is 0 Å². The Morgan fingerprint density at radius 1 is 1.47 bits per heavy atom. The predicted octanol–water partition coefficient (Wildman–Crippen LogP) is 4.33. The fraction of sp³-hybridized carbons (Fsp3) is 0.571. The van der Waals surface area contributed by atoms with Crippen LogP contribution in [0, 0.1) is 0 Å². The quantitative estimate of drug-likeness (QED) is 0.714. The minimum absolute atomic E-state index is 0.344. The first-order chi connectivity index (χ1) is 8.11. The first kappa shape index (κ1) is 15.6. The van der Waals surface area contributed by atoms with Crippen molar-refractivity contribution in [3.63, 3.8) is 0 Å². The van der Waals surface area contributed by atoms with Crippen LogP contribution in [0.1, 0.15) is 59.7 Å². The topological polar surface area (TPSA) is 30.2 Å². The van der Waals surface area contributed by atoms with Crippen LogP contribution in [0.2, 0.25) is 0 Å². The maximum atomic E-state index is 4.30. The van der Waals surface area contributed by atoms with Gasteiger partial charge in [-0.3, -0.25) is 9.67 Å². The molecule has 0 bridgehead atoms. The molecule has 3 heteroatoms. The molecule has 3 nitrogen and oxygen atoms in total. The second kappa shape index (κ2) is 7.82. The number of rotatable bonds is 4. The third-order valence-corrected chi connectivity index (χ3v) is 2.49. The molecule has 0 aliphatic rings. The van der Waals surface area contributed by atoms with Gasteiger partial charge in [0.05, 0.1) is 11.4 Å². The molecule has 0 N–H and O–H groups in total. The number of allylic oxidation sites excluding steroid dienone is 1. The van der Waals surface area contributed by atoms with E-state index in [4.69, 9.17) is 0 Å². The zero-order valence-electron chi connectivity index (χ0n) is 12.0. The highest BCUT2D eigenvalue weighted by atomic mass is 15.3. The molecule has 0 unspecified atom stereocenters. The SMILES string of the molecule is C=N/C(=C(\C)CC)c1ccnn1C(C)C.CC. The molecule has 0 aromatic carbocycles. The zero-order valence-corrected chi connectivity index (χ0v) is 12.0. The molecule has 1 aromatic heterocycles. The minimum atomic E-state index is 0.344. The van der Waals surface area contributed by atoms with E-state index >= 15 is 0 Å². The standard InChI is InChI=1S/C12H19N3.C2H6/c1-6-10(4)12(13-5)11-7-8-14-15(11)9(2)3;1-2/h7-9H,5-6H2,1-4H3;1-2H3/b12-10+;. The van der Waals surface area contributed by atoms with Gasteiger partial charge in [-0.2, -0.15) is 5.10 Å². The van der Waals surface area contributed by atoms with Gasteiger partial charge in [-0.15, -0.1) is 0 Å². The van der Waals surface area contributed by atoms with Gasteiger partial charge in [0.25, 0.3) is 0 Å². The van der Waals surface area contributed by atoms with E-state index in [0.717, 1.165) is 17.8 Å². The molecule has 1 heterocycles. The first-order valence-corrected chi connectivity index (χ1v) is 6.32. The lowest BCUT2D eigenvalue weighted by Crippen LogP contribution is -2.07. The van der Waals surface area contributed by atoms with Crippen LogP contribution in [0.5, 0.6) is 0 Å². The van der Waals surface area contributed by atoms with Crippen molar-refractivity contribution < 1.29 is 0 Å². The second-order valence-electron chi connectivity index (χ2n) is 3.90. The summed E-state index contributed by atoms with van der Waals surface area (Å²) in [5, 5.41) is 4.30. The Labute approximate surface area is 105 Å². The molecule has 0 saturated heterocycles. The summed E-state index contributed by atoms with van der Waals surface area (Å²) in [5.74, 6) is 0. The van der Waals surface area contributed by atoms with Gasteiger partial charge in [0.1, 0.15) is 0 Å². The Morgan fingerprint density at radius 2 is 2.06 bits per heavy atom. The monoisotopic (exact) mass is 235 g/mol. The van der Waals surface area contributed by atoms with Crippen molar-refractivity contribution >= 4 is 12.4 Å². The normalized spacial score (nSPS) is 11.7. The summed E-state index contributed by atoms with van der Waals surface area (Å²) >= 11 is 0. The van der Waals surface area contributed by atoms with Crippen molar-refractivity contribution in [3.8, 4) is 0 Å². The minimum Gasteiger partial charge on any atom is -0.262 e. The van der Waals surface area contributed by atoms with Gasteiger partial charge in [-0.05, 0) is 45.5 Å². The highest BCUT2D eigenvalue weighted by Crippen LogP contribution is 2.23. The van der Waals surface area contributed by atoms with Gasteiger partial charge in [0.2, 0.25) is 0 Å². The molecular weight excluding hydrogens is 210 g/mol. The van der Waals surface area contributed by atoms with E-state index in [1.165, 1.54) is 5.57 Å². The first-order valence-electron chi connectivity index (χ1n) is 6.32. The predicted molar refractivity (Wildman–Crippen MR) is 76.4 cm³/mol. The molecule has 0 saturated carbocycles. The molecule has 17 heavy (non-hydrogen) atoms. The van der Waals surface area contributed by atoms with Crippen molar-refractivity contribution in [2.45, 2.75) is 54.0 Å². The molecule has 0 atom stereocenters. The van der Waals surface area contributed by atoms with Crippen LogP contribution >= 0.6 is 0 Å². The summed E-state index contributed by atoms with van der Waals surface area (Å²) < 4.78 is 1.98. The number of aliphatic imine (C=N–C) groups is 1. The van der Waals surface area contributed by atoms with Crippen LogP contribution < -0.4 is 0 Å². The van der Waals surface area contributed by atoms with E-state index in [1.54, 1.807) is 0 Å². The molecule has 0 amide bonds. The summed E-state index contributed by atoms with van der Waals surface area (Å²) in [4.78, 5) is 4.11. The van der Waals surface area contributed by atoms with E-state index < -0.39 is 0 Å². The van der Waals surface area contributed by atoms with Crippen molar-refractivity contribution in [1.82, 2.24) is 9.78 Å². The van der Waals surface area contributed by atoms with Gasteiger partial charge in [-0.25, -0.2) is 0 Å². The Kier molecular flexibility index (Phi) is 7.19. The van der Waals surface area contributed by atoms with Crippen molar-refractivity contribution in [2.24, 2.45) is 4.99 Å². The summed E-state index contributed by atoms with van der Waals surface area (Å²) in [6.07, 6.45) is 2.79. The van der Waals surface area contributed by atoms with E-state index in [1.807, 2.05) is 30.8 Å². The van der Waals surface area contributed by atoms with Crippen LogP contribution in [0.25, 0.3) is 5.70 Å². The molecule has 0 aliphatic heterocycles. The Morgan fingerprint density at radius 3 is 2.47 bits per heavy atom. The Balaban J connectivity index is 0.00000121. The zero-order chi connectivity index (χ0) is 13.4. The van der Waals surface area contributed by atoms with Gasteiger partial charge in [0, 0.05) is 12.2 Å². The van der Waals surface area contributed by atoms with Crippen LogP contribution in [-0.2, 0) is 0 Å². The number of aromatic nitrogens is 2. The summed E-state index contributed by atoms with van der Waals surface area (Å²) in [5.41, 5.74) is 3.26. The number of nitrogens with zero attached hydrogens (tertiary/aromatic N) is 3. The highest BCUT2D eigenvalue weighted by Gasteiger charge is 2.11. The van der Waals surface area contributed by atoms with E-state index in [2.05, 4.69) is 44.5 Å². The van der Waals surface area contributed by atoms with Gasteiger partial charge in [-0.1, -0.05) is 20.8 Å². The lowest BCUT2D eigenvalue weighted by atomic mass is 10.1. The van der Waals surface area contributed by atoms with Crippen molar-refractivity contribution in [3.05, 3.63) is 23.5 Å². The van der Waals surface area contributed by atoms with E-state index in [9.17, 15) is 0 Å². The Hall–Kier alpha value is -1.38. The highest BCUT2D eigenvalue weighted by molar-refractivity contribution is 5.68. The van der Waals surface area contributed by atoms with E-state index in [-0.39, 0.29) is 0 Å². The lowest BCUT2D eigenvalue weighted by Gasteiger charge is -2.12. The fourth-order valence-electron chi connectivity index (χ4n) is 1.52. The van der Waals surface area contributed by atoms with E-state index in [0.29, 0.717) is 6.04 Å². The number of hydrogen-bond donors (Lipinski definition) is 0. The smallest absolute Gasteiger partial charge is 0.0868 e. The third-order valence-electron chi connectivity index (χ3n) is 2.49. The second-order valence-corrected chi connectivity index (χ2v) is 3.90. The fourth-order valence-corrected chi connectivity index (χ4v) is 1.52. The largest absolute Gasteiger partial charge is 0.262 e. The molecule has 1 rings (SSSR count). The molecule has 96 valence electrons. The van der Waals surface area contributed by atoms with Crippen LogP contribution in [0.4, 0.5) is 0 Å². The van der Waals surface area contributed by atoms with Crippen LogP contribution in [-0.4, -0.2) is 16.5 Å². The molecule has 1 aromatic rings. The third kappa shape index (κ3) is 3.84. The van der Waals surface area contributed by atoms with Gasteiger partial charge in [0.15, 0.2) is 0 Å². The molecule has 0 fully saturated rings. The maximum Gasteiger partial charge on any atom is 0.0868 e. The lowest BCUT2D eigenvalue weighted by molar-refractivity contribution is 0.526. The summed E-state index contributed by atoms with van der Waals surface area (Å²) in [6, 6.07) is 2.33.